The van der Waals surface area contributed by atoms with Crippen LogP contribution in [0.2, 0.25) is 0 Å². The highest BCUT2D eigenvalue weighted by Gasteiger charge is 2.14. The van der Waals surface area contributed by atoms with Gasteiger partial charge in [0.15, 0.2) is 5.82 Å². The highest BCUT2D eigenvalue weighted by atomic mass is 19.1. The van der Waals surface area contributed by atoms with E-state index in [9.17, 15) is 4.39 Å². The van der Waals surface area contributed by atoms with Crippen LogP contribution in [0.15, 0.2) is 65.5 Å². The van der Waals surface area contributed by atoms with Crippen molar-refractivity contribution in [3.8, 4) is 0 Å². The Morgan fingerprint density at radius 1 is 1.00 bits per heavy atom. The molecule has 1 unspecified atom stereocenters. The lowest BCUT2D eigenvalue weighted by molar-refractivity contribution is 0.406. The Morgan fingerprint density at radius 3 is 2.38 bits per heavy atom. The zero-order chi connectivity index (χ0) is 14.5. The largest absolute Gasteiger partial charge is 0.343 e. The predicted octanol–water partition coefficient (Wildman–Crippen LogP) is 3.09. The molecule has 0 bridgehead atoms. The fourth-order valence-electron chi connectivity index (χ4n) is 2.19. The predicted molar refractivity (Wildman–Crippen MR) is 75.8 cm³/mol. The van der Waals surface area contributed by atoms with Gasteiger partial charge in [-0.05, 0) is 23.3 Å². The van der Waals surface area contributed by atoms with Crippen molar-refractivity contribution in [1.82, 2.24) is 15.5 Å². The maximum atomic E-state index is 13.1. The maximum absolute atomic E-state index is 13.1. The first-order valence-corrected chi connectivity index (χ1v) is 6.62. The molecule has 106 valence electrons. The zero-order valence-electron chi connectivity index (χ0n) is 11.2. The molecular weight excluding hydrogens is 269 g/mol. The molecule has 0 saturated carbocycles. The summed E-state index contributed by atoms with van der Waals surface area (Å²) in [5.74, 6) is 0.335. The summed E-state index contributed by atoms with van der Waals surface area (Å²) in [6.07, 6.45) is 1.30. The van der Waals surface area contributed by atoms with Crippen LogP contribution in [0.5, 0.6) is 0 Å². The zero-order valence-corrected chi connectivity index (χ0v) is 11.2. The quantitative estimate of drug-likeness (QED) is 0.781. The van der Waals surface area contributed by atoms with E-state index in [1.54, 1.807) is 12.1 Å². The minimum absolute atomic E-state index is 0.0645. The van der Waals surface area contributed by atoms with Crippen molar-refractivity contribution in [2.45, 2.75) is 12.6 Å². The molecule has 0 aliphatic rings. The van der Waals surface area contributed by atoms with E-state index in [0.29, 0.717) is 12.4 Å². The monoisotopic (exact) mass is 283 g/mol. The van der Waals surface area contributed by atoms with Crippen molar-refractivity contribution in [2.24, 2.45) is 0 Å². The molecule has 1 N–H and O–H groups in total. The summed E-state index contributed by atoms with van der Waals surface area (Å²) < 4.78 is 17.8. The topological polar surface area (TPSA) is 51.0 Å². The molecule has 4 nitrogen and oxygen atoms in total. The Morgan fingerprint density at radius 2 is 1.71 bits per heavy atom. The fraction of sp³-hybridized carbons (Fsp3) is 0.125. The van der Waals surface area contributed by atoms with Crippen molar-refractivity contribution >= 4 is 0 Å². The van der Waals surface area contributed by atoms with Crippen molar-refractivity contribution in [2.75, 3.05) is 0 Å². The Hall–Kier alpha value is -2.53. The first-order valence-electron chi connectivity index (χ1n) is 6.62. The van der Waals surface area contributed by atoms with Crippen LogP contribution >= 0.6 is 0 Å². The number of hydrogen-bond acceptors (Lipinski definition) is 4. The maximum Gasteiger partial charge on any atom is 0.213 e. The van der Waals surface area contributed by atoms with Gasteiger partial charge in [0.25, 0.3) is 0 Å². The summed E-state index contributed by atoms with van der Waals surface area (Å²) in [5.41, 5.74) is 2.07. The summed E-state index contributed by atoms with van der Waals surface area (Å²) in [7, 11) is 0. The van der Waals surface area contributed by atoms with Gasteiger partial charge in [-0.1, -0.05) is 47.6 Å². The Labute approximate surface area is 121 Å². The molecule has 1 atom stereocenters. The molecular formula is C16H14FN3O. The van der Waals surface area contributed by atoms with Crippen LogP contribution in [0.1, 0.15) is 23.0 Å². The van der Waals surface area contributed by atoms with Crippen LogP contribution in [0.3, 0.4) is 0 Å². The second kappa shape index (κ2) is 6.28. The average molecular weight is 283 g/mol. The first-order chi connectivity index (χ1) is 10.3. The van der Waals surface area contributed by atoms with Gasteiger partial charge in [-0.2, -0.15) is 4.98 Å². The van der Waals surface area contributed by atoms with E-state index >= 15 is 0 Å². The van der Waals surface area contributed by atoms with Crippen LogP contribution < -0.4 is 5.32 Å². The lowest BCUT2D eigenvalue weighted by Gasteiger charge is -2.19. The number of aromatic nitrogens is 2. The second-order valence-electron chi connectivity index (χ2n) is 4.62. The SMILES string of the molecule is Fc1ccc(C(NCc2ncon2)c2ccccc2)cc1. The summed E-state index contributed by atoms with van der Waals surface area (Å²) in [4.78, 5) is 3.99. The molecule has 1 heterocycles. The third-order valence-electron chi connectivity index (χ3n) is 3.21. The molecule has 0 amide bonds. The van der Waals surface area contributed by atoms with Crippen molar-refractivity contribution in [3.63, 3.8) is 0 Å². The van der Waals surface area contributed by atoms with E-state index in [1.807, 2.05) is 30.3 Å². The Bertz CT molecular complexity index is 669. The Kier molecular flexibility index (Phi) is 4.02. The average Bonchev–Trinajstić information content (AvgIpc) is 3.04. The number of rotatable bonds is 5. The van der Waals surface area contributed by atoms with Crippen LogP contribution in [0.4, 0.5) is 4.39 Å². The summed E-state index contributed by atoms with van der Waals surface area (Å²) in [6, 6.07) is 16.4. The van der Waals surface area contributed by atoms with Gasteiger partial charge < -0.3 is 4.52 Å². The number of halogens is 1. The molecule has 3 rings (SSSR count). The summed E-state index contributed by atoms with van der Waals surface area (Å²) in [6.45, 7) is 0.466. The van der Waals surface area contributed by atoms with Gasteiger partial charge in [-0.3, -0.25) is 5.32 Å². The number of nitrogens with one attached hydrogen (secondary N) is 1. The van der Waals surface area contributed by atoms with Gasteiger partial charge >= 0.3 is 0 Å². The molecule has 21 heavy (non-hydrogen) atoms. The molecule has 0 saturated heterocycles. The minimum Gasteiger partial charge on any atom is -0.343 e. The van der Waals surface area contributed by atoms with Crippen molar-refractivity contribution in [3.05, 3.63) is 83.8 Å². The number of nitrogens with zero attached hydrogens (tertiary/aromatic N) is 2. The van der Waals surface area contributed by atoms with Crippen LogP contribution in [-0.2, 0) is 6.54 Å². The van der Waals surface area contributed by atoms with E-state index < -0.39 is 0 Å². The van der Waals surface area contributed by atoms with Crippen LogP contribution in [0, 0.1) is 5.82 Å². The second-order valence-corrected chi connectivity index (χ2v) is 4.62. The van der Waals surface area contributed by atoms with Crippen LogP contribution in [-0.4, -0.2) is 10.1 Å². The van der Waals surface area contributed by atoms with E-state index in [-0.39, 0.29) is 11.9 Å². The molecule has 0 aliphatic carbocycles. The third-order valence-corrected chi connectivity index (χ3v) is 3.21. The summed E-state index contributed by atoms with van der Waals surface area (Å²) >= 11 is 0. The van der Waals surface area contributed by atoms with E-state index in [0.717, 1.165) is 11.1 Å². The Balaban J connectivity index is 1.85. The van der Waals surface area contributed by atoms with Crippen molar-refractivity contribution in [1.29, 1.82) is 0 Å². The normalized spacial score (nSPS) is 12.2. The van der Waals surface area contributed by atoms with Gasteiger partial charge in [0.2, 0.25) is 6.39 Å². The van der Waals surface area contributed by atoms with Gasteiger partial charge in [0.05, 0.1) is 12.6 Å². The lowest BCUT2D eigenvalue weighted by atomic mass is 9.98. The summed E-state index contributed by atoms with van der Waals surface area (Å²) in [5, 5.41) is 7.15. The molecule has 0 aliphatic heterocycles. The van der Waals surface area contributed by atoms with Gasteiger partial charge in [-0.25, -0.2) is 4.39 Å². The molecule has 0 spiro atoms. The van der Waals surface area contributed by atoms with E-state index in [2.05, 4.69) is 15.5 Å². The first kappa shape index (κ1) is 13.5. The van der Waals surface area contributed by atoms with E-state index in [4.69, 9.17) is 4.52 Å². The van der Waals surface area contributed by atoms with Crippen molar-refractivity contribution < 1.29 is 8.91 Å². The standard InChI is InChI=1S/C16H14FN3O/c17-14-8-6-13(7-9-14)16(12-4-2-1-3-5-12)18-10-15-19-11-21-20-15/h1-9,11,16,18H,10H2. The van der Waals surface area contributed by atoms with Gasteiger partial charge in [0.1, 0.15) is 5.82 Å². The molecule has 3 aromatic rings. The molecule has 1 aromatic heterocycles. The molecule has 5 heteroatoms. The molecule has 2 aromatic carbocycles. The minimum atomic E-state index is -0.247. The van der Waals surface area contributed by atoms with Crippen LogP contribution in [0.25, 0.3) is 0 Å². The third kappa shape index (κ3) is 3.32. The van der Waals surface area contributed by atoms with Gasteiger partial charge in [-0.15, -0.1) is 0 Å². The lowest BCUT2D eigenvalue weighted by Crippen LogP contribution is -2.22. The van der Waals surface area contributed by atoms with E-state index in [1.165, 1.54) is 18.5 Å². The fourth-order valence-corrected chi connectivity index (χ4v) is 2.19. The highest BCUT2D eigenvalue weighted by molar-refractivity contribution is 5.31. The highest BCUT2D eigenvalue weighted by Crippen LogP contribution is 2.22. The van der Waals surface area contributed by atoms with Gasteiger partial charge in [0, 0.05) is 0 Å². The smallest absolute Gasteiger partial charge is 0.213 e. The molecule has 0 radical (unpaired) electrons. The number of hydrogen-bond donors (Lipinski definition) is 1. The number of benzene rings is 2. The molecule has 0 fully saturated rings.